The molecule has 1 rings (SSSR count). The molecule has 4 nitrogen and oxygen atoms in total. The van der Waals surface area contributed by atoms with Crippen LogP contribution >= 0.6 is 0 Å². The maximum atomic E-state index is 8.56. The quantitative estimate of drug-likeness (QED) is 0.664. The van der Waals surface area contributed by atoms with Crippen LogP contribution in [0.1, 0.15) is 30.8 Å². The Bertz CT molecular complexity index is 315. The van der Waals surface area contributed by atoms with Crippen molar-refractivity contribution in [1.29, 1.82) is 5.26 Å². The SMILES string of the molecule is N#Cc1ccc(CNCCCCCO)o1. The number of unbranched alkanes of at least 4 members (excludes halogenated alkanes) is 2. The fourth-order valence-corrected chi connectivity index (χ4v) is 1.28. The van der Waals surface area contributed by atoms with Crippen molar-refractivity contribution in [3.05, 3.63) is 23.7 Å². The Morgan fingerprint density at radius 1 is 1.33 bits per heavy atom. The molecule has 0 aliphatic carbocycles. The molecule has 0 atom stereocenters. The summed E-state index contributed by atoms with van der Waals surface area (Å²) in [5.74, 6) is 1.14. The molecule has 0 fully saturated rings. The Morgan fingerprint density at radius 3 is 2.87 bits per heavy atom. The first-order chi connectivity index (χ1) is 7.36. The van der Waals surface area contributed by atoms with E-state index in [1.807, 2.05) is 6.07 Å². The molecule has 1 heterocycles. The van der Waals surface area contributed by atoms with Crippen LogP contribution in [0.25, 0.3) is 0 Å². The second kappa shape index (κ2) is 7.04. The van der Waals surface area contributed by atoms with Gasteiger partial charge in [0.1, 0.15) is 11.8 Å². The largest absolute Gasteiger partial charge is 0.449 e. The molecule has 0 bridgehead atoms. The number of nitrogens with zero attached hydrogens (tertiary/aromatic N) is 1. The van der Waals surface area contributed by atoms with Gasteiger partial charge in [0.05, 0.1) is 6.54 Å². The van der Waals surface area contributed by atoms with Crippen molar-refractivity contribution in [3.63, 3.8) is 0 Å². The fraction of sp³-hybridized carbons (Fsp3) is 0.545. The van der Waals surface area contributed by atoms with E-state index in [-0.39, 0.29) is 6.61 Å². The monoisotopic (exact) mass is 208 g/mol. The molecule has 0 unspecified atom stereocenters. The minimum absolute atomic E-state index is 0.268. The number of nitriles is 1. The van der Waals surface area contributed by atoms with E-state index >= 15 is 0 Å². The molecule has 82 valence electrons. The first kappa shape index (κ1) is 11.8. The molecule has 0 amide bonds. The summed E-state index contributed by atoms with van der Waals surface area (Å²) in [5.41, 5.74) is 0. The average Bonchev–Trinajstić information content (AvgIpc) is 2.71. The summed E-state index contributed by atoms with van der Waals surface area (Å²) in [4.78, 5) is 0. The van der Waals surface area contributed by atoms with E-state index in [1.165, 1.54) is 0 Å². The highest BCUT2D eigenvalue weighted by Gasteiger charge is 1.99. The third kappa shape index (κ3) is 4.63. The lowest BCUT2D eigenvalue weighted by Crippen LogP contribution is -2.14. The first-order valence-corrected chi connectivity index (χ1v) is 5.17. The number of nitrogens with one attached hydrogen (secondary N) is 1. The van der Waals surface area contributed by atoms with E-state index < -0.39 is 0 Å². The zero-order valence-electron chi connectivity index (χ0n) is 8.70. The van der Waals surface area contributed by atoms with Crippen molar-refractivity contribution in [1.82, 2.24) is 5.32 Å². The van der Waals surface area contributed by atoms with Gasteiger partial charge in [-0.15, -0.1) is 0 Å². The fourth-order valence-electron chi connectivity index (χ4n) is 1.28. The van der Waals surface area contributed by atoms with E-state index in [0.29, 0.717) is 12.3 Å². The minimum Gasteiger partial charge on any atom is -0.449 e. The smallest absolute Gasteiger partial charge is 0.203 e. The van der Waals surface area contributed by atoms with Gasteiger partial charge in [0.2, 0.25) is 5.76 Å². The molecule has 0 spiro atoms. The Kier molecular flexibility index (Phi) is 5.52. The van der Waals surface area contributed by atoms with Crippen molar-refractivity contribution in [2.45, 2.75) is 25.8 Å². The molecule has 0 saturated carbocycles. The lowest BCUT2D eigenvalue weighted by atomic mass is 10.2. The third-order valence-corrected chi connectivity index (χ3v) is 2.08. The number of furan rings is 1. The molecule has 0 aliphatic heterocycles. The molecular formula is C11H16N2O2. The summed E-state index contributed by atoms with van der Waals surface area (Å²) in [5, 5.41) is 20.3. The molecule has 4 heteroatoms. The van der Waals surface area contributed by atoms with Crippen LogP contribution in [0.2, 0.25) is 0 Å². The second-order valence-electron chi connectivity index (χ2n) is 3.34. The Morgan fingerprint density at radius 2 is 2.20 bits per heavy atom. The lowest BCUT2D eigenvalue weighted by Gasteiger charge is -2.01. The van der Waals surface area contributed by atoms with Crippen LogP contribution < -0.4 is 5.32 Å². The highest BCUT2D eigenvalue weighted by atomic mass is 16.3. The molecule has 0 aromatic carbocycles. The van der Waals surface area contributed by atoms with Gasteiger partial charge in [-0.05, 0) is 37.9 Å². The van der Waals surface area contributed by atoms with Gasteiger partial charge in [-0.1, -0.05) is 0 Å². The molecule has 0 saturated heterocycles. The number of hydrogen-bond acceptors (Lipinski definition) is 4. The number of hydrogen-bond donors (Lipinski definition) is 2. The molecule has 2 N–H and O–H groups in total. The molecule has 0 radical (unpaired) electrons. The maximum absolute atomic E-state index is 8.56. The van der Waals surface area contributed by atoms with Crippen LogP contribution in [-0.2, 0) is 6.54 Å². The van der Waals surface area contributed by atoms with Crippen LogP contribution in [0.5, 0.6) is 0 Å². The normalized spacial score (nSPS) is 10.1. The summed E-state index contributed by atoms with van der Waals surface area (Å²) in [6, 6.07) is 5.42. The molecule has 0 aliphatic rings. The van der Waals surface area contributed by atoms with Gasteiger partial charge in [-0.2, -0.15) is 5.26 Å². The van der Waals surface area contributed by atoms with Crippen molar-refractivity contribution in [2.75, 3.05) is 13.2 Å². The van der Waals surface area contributed by atoms with Gasteiger partial charge in [0.15, 0.2) is 0 Å². The van der Waals surface area contributed by atoms with Crippen LogP contribution in [0.15, 0.2) is 16.5 Å². The Labute approximate surface area is 89.5 Å². The van der Waals surface area contributed by atoms with E-state index in [1.54, 1.807) is 12.1 Å². The summed E-state index contributed by atoms with van der Waals surface area (Å²) in [6.07, 6.45) is 2.94. The summed E-state index contributed by atoms with van der Waals surface area (Å²) < 4.78 is 5.20. The van der Waals surface area contributed by atoms with Crippen molar-refractivity contribution in [3.8, 4) is 6.07 Å². The van der Waals surface area contributed by atoms with Crippen LogP contribution in [-0.4, -0.2) is 18.3 Å². The summed E-state index contributed by atoms with van der Waals surface area (Å²) in [6.45, 7) is 1.83. The van der Waals surface area contributed by atoms with Crippen molar-refractivity contribution < 1.29 is 9.52 Å². The van der Waals surface area contributed by atoms with Crippen LogP contribution in [0, 0.1) is 11.3 Å². The average molecular weight is 208 g/mol. The van der Waals surface area contributed by atoms with Crippen LogP contribution in [0.4, 0.5) is 0 Å². The van der Waals surface area contributed by atoms with Crippen LogP contribution in [0.3, 0.4) is 0 Å². The van der Waals surface area contributed by atoms with Gasteiger partial charge in [-0.3, -0.25) is 0 Å². The van der Waals surface area contributed by atoms with Crippen molar-refractivity contribution in [2.24, 2.45) is 0 Å². The summed E-state index contributed by atoms with van der Waals surface area (Å²) in [7, 11) is 0. The van der Waals surface area contributed by atoms with E-state index in [9.17, 15) is 0 Å². The second-order valence-corrected chi connectivity index (χ2v) is 3.34. The number of aliphatic hydroxyl groups is 1. The Balaban J connectivity index is 2.07. The van der Waals surface area contributed by atoms with Gasteiger partial charge in [-0.25, -0.2) is 0 Å². The highest BCUT2D eigenvalue weighted by Crippen LogP contribution is 2.05. The van der Waals surface area contributed by atoms with E-state index in [4.69, 9.17) is 14.8 Å². The number of rotatable bonds is 7. The summed E-state index contributed by atoms with van der Waals surface area (Å²) >= 11 is 0. The minimum atomic E-state index is 0.268. The predicted octanol–water partition coefficient (Wildman–Crippen LogP) is 1.40. The van der Waals surface area contributed by atoms with Gasteiger partial charge in [0, 0.05) is 6.61 Å². The van der Waals surface area contributed by atoms with Gasteiger partial charge >= 0.3 is 0 Å². The number of aliphatic hydroxyl groups excluding tert-OH is 1. The van der Waals surface area contributed by atoms with Gasteiger partial charge in [0.25, 0.3) is 0 Å². The topological polar surface area (TPSA) is 69.2 Å². The highest BCUT2D eigenvalue weighted by molar-refractivity contribution is 5.18. The Hall–Kier alpha value is -1.31. The van der Waals surface area contributed by atoms with E-state index in [0.717, 1.165) is 31.6 Å². The molecular weight excluding hydrogens is 192 g/mol. The molecule has 1 aromatic heterocycles. The zero-order chi connectivity index (χ0) is 10.9. The third-order valence-electron chi connectivity index (χ3n) is 2.08. The standard InChI is InChI=1S/C11H16N2O2/c12-8-10-4-5-11(15-10)9-13-6-2-1-3-7-14/h4-5,13-14H,1-3,6-7,9H2. The van der Waals surface area contributed by atoms with Crippen molar-refractivity contribution >= 4 is 0 Å². The maximum Gasteiger partial charge on any atom is 0.203 e. The zero-order valence-corrected chi connectivity index (χ0v) is 8.70. The molecule has 1 aromatic rings. The molecule has 15 heavy (non-hydrogen) atoms. The predicted molar refractivity (Wildman–Crippen MR) is 56.1 cm³/mol. The first-order valence-electron chi connectivity index (χ1n) is 5.17. The van der Waals surface area contributed by atoms with E-state index in [2.05, 4.69) is 5.32 Å². The van der Waals surface area contributed by atoms with Gasteiger partial charge < -0.3 is 14.8 Å². The lowest BCUT2D eigenvalue weighted by molar-refractivity contribution is 0.282.